The van der Waals surface area contributed by atoms with E-state index in [1.54, 1.807) is 13.2 Å². The van der Waals surface area contributed by atoms with Crippen molar-refractivity contribution in [2.45, 2.75) is 20.5 Å². The first-order chi connectivity index (χ1) is 15.9. The molecule has 1 heterocycles. The smallest absolute Gasteiger partial charge is 0.250 e. The van der Waals surface area contributed by atoms with Crippen LogP contribution in [0.25, 0.3) is 16.3 Å². The second-order valence-electron chi connectivity index (χ2n) is 7.60. The third-order valence-corrected chi connectivity index (χ3v) is 6.15. The molecule has 5 nitrogen and oxygen atoms in total. The molecule has 0 saturated heterocycles. The summed E-state index contributed by atoms with van der Waals surface area (Å²) in [6.45, 7) is 4.47. The number of nitrogens with one attached hydrogen (secondary N) is 1. The van der Waals surface area contributed by atoms with Crippen LogP contribution in [0.2, 0.25) is 5.02 Å². The Morgan fingerprint density at radius 2 is 1.88 bits per heavy atom. The Labute approximate surface area is 201 Å². The quantitative estimate of drug-likeness (QED) is 0.296. The molecule has 0 spiro atoms. The summed E-state index contributed by atoms with van der Waals surface area (Å²) in [5.74, 6) is 0.961. The van der Waals surface area contributed by atoms with Crippen molar-refractivity contribution in [3.8, 4) is 11.5 Å². The predicted molar refractivity (Wildman–Crippen MR) is 136 cm³/mol. The van der Waals surface area contributed by atoms with Gasteiger partial charge in [-0.2, -0.15) is 0 Å². The van der Waals surface area contributed by atoms with Crippen molar-refractivity contribution >= 4 is 50.3 Å². The Morgan fingerprint density at radius 3 is 2.64 bits per heavy atom. The minimum atomic E-state index is -0.245. The van der Waals surface area contributed by atoms with E-state index in [9.17, 15) is 4.79 Å². The lowest BCUT2D eigenvalue weighted by atomic mass is 10.1. The number of thiazole rings is 1. The molecule has 0 unspecified atom stereocenters. The molecule has 3 aromatic carbocycles. The van der Waals surface area contributed by atoms with E-state index in [0.29, 0.717) is 28.3 Å². The molecule has 0 bridgehead atoms. The monoisotopic (exact) mass is 478 g/mol. The van der Waals surface area contributed by atoms with Gasteiger partial charge in [-0.05, 0) is 72.5 Å². The Kier molecular flexibility index (Phi) is 6.96. The number of benzene rings is 3. The summed E-state index contributed by atoms with van der Waals surface area (Å²) in [7, 11) is 1.58. The molecule has 1 amide bonds. The molecular formula is C26H23ClN2O3S. The molecule has 0 saturated carbocycles. The molecule has 0 fully saturated rings. The average Bonchev–Trinajstić information content (AvgIpc) is 3.20. The fraction of sp³-hybridized carbons (Fsp3) is 0.154. The summed E-state index contributed by atoms with van der Waals surface area (Å²) in [6.07, 6.45) is 3.21. The number of hydrogen-bond acceptors (Lipinski definition) is 5. The first kappa shape index (κ1) is 22.8. The number of fused-ring (bicyclic) bond motifs is 1. The number of aromatic nitrogens is 1. The SMILES string of the molecule is COc1cc(/C=C/C(=O)Nc2nc3c(C)cc(C)cc3s2)ccc1OCc1ccc(Cl)cc1. The zero-order valence-electron chi connectivity index (χ0n) is 18.5. The molecule has 0 radical (unpaired) electrons. The van der Waals surface area contributed by atoms with Crippen molar-refractivity contribution in [3.05, 3.63) is 87.9 Å². The number of halogens is 1. The van der Waals surface area contributed by atoms with Crippen LogP contribution in [-0.2, 0) is 11.4 Å². The normalized spacial score (nSPS) is 11.2. The second-order valence-corrected chi connectivity index (χ2v) is 9.06. The molecule has 0 aliphatic rings. The van der Waals surface area contributed by atoms with Crippen LogP contribution in [0.3, 0.4) is 0 Å². The van der Waals surface area contributed by atoms with Crippen LogP contribution in [-0.4, -0.2) is 18.0 Å². The van der Waals surface area contributed by atoms with Crippen LogP contribution in [0.1, 0.15) is 22.3 Å². The molecule has 168 valence electrons. The highest BCUT2D eigenvalue weighted by atomic mass is 35.5. The number of ether oxygens (including phenoxy) is 2. The predicted octanol–water partition coefficient (Wildman–Crippen LogP) is 6.81. The molecule has 4 aromatic rings. The van der Waals surface area contributed by atoms with E-state index in [0.717, 1.165) is 26.9 Å². The van der Waals surface area contributed by atoms with Gasteiger partial charge >= 0.3 is 0 Å². The topological polar surface area (TPSA) is 60.5 Å². The lowest BCUT2D eigenvalue weighted by Crippen LogP contribution is -2.07. The number of hydrogen-bond donors (Lipinski definition) is 1. The molecule has 33 heavy (non-hydrogen) atoms. The summed E-state index contributed by atoms with van der Waals surface area (Å²) in [6, 6.07) is 17.2. The maximum Gasteiger partial charge on any atom is 0.250 e. The number of anilines is 1. The molecule has 0 atom stereocenters. The van der Waals surface area contributed by atoms with E-state index in [1.807, 2.05) is 49.4 Å². The standard InChI is InChI=1S/C26H23ClN2O3S/c1-16-12-17(2)25-23(13-16)33-26(29-25)28-24(30)11-7-18-6-10-21(22(14-18)31-3)32-15-19-4-8-20(27)9-5-19/h4-14H,15H2,1-3H3,(H,28,29,30)/b11-7+. The van der Waals surface area contributed by atoms with Gasteiger partial charge in [0, 0.05) is 11.1 Å². The number of aryl methyl sites for hydroxylation is 2. The van der Waals surface area contributed by atoms with E-state index < -0.39 is 0 Å². The van der Waals surface area contributed by atoms with Gasteiger partial charge in [-0.1, -0.05) is 47.2 Å². The van der Waals surface area contributed by atoms with Gasteiger partial charge in [0.1, 0.15) is 6.61 Å². The van der Waals surface area contributed by atoms with Crippen molar-refractivity contribution in [1.82, 2.24) is 4.98 Å². The lowest BCUT2D eigenvalue weighted by molar-refractivity contribution is -0.111. The van der Waals surface area contributed by atoms with Gasteiger partial charge in [0.2, 0.25) is 5.91 Å². The molecule has 1 N–H and O–H groups in total. The van der Waals surface area contributed by atoms with Gasteiger partial charge in [-0.3, -0.25) is 10.1 Å². The van der Waals surface area contributed by atoms with Crippen LogP contribution in [0.4, 0.5) is 5.13 Å². The molecule has 7 heteroatoms. The summed E-state index contributed by atoms with van der Waals surface area (Å²) < 4.78 is 12.4. The van der Waals surface area contributed by atoms with E-state index in [-0.39, 0.29) is 5.91 Å². The number of nitrogens with zero attached hydrogens (tertiary/aromatic N) is 1. The van der Waals surface area contributed by atoms with E-state index in [2.05, 4.69) is 29.4 Å². The Hall–Kier alpha value is -3.35. The number of carbonyl (C=O) groups is 1. The number of methoxy groups -OCH3 is 1. The fourth-order valence-electron chi connectivity index (χ4n) is 3.39. The summed E-state index contributed by atoms with van der Waals surface area (Å²) in [5.41, 5.74) is 5.02. The zero-order chi connectivity index (χ0) is 23.4. The Morgan fingerprint density at radius 1 is 1.09 bits per heavy atom. The van der Waals surface area contributed by atoms with Crippen molar-refractivity contribution in [2.75, 3.05) is 12.4 Å². The Balaban J connectivity index is 1.41. The van der Waals surface area contributed by atoms with Gasteiger partial charge in [0.15, 0.2) is 16.6 Å². The molecule has 0 aliphatic heterocycles. The third kappa shape index (κ3) is 5.72. The van der Waals surface area contributed by atoms with Crippen molar-refractivity contribution in [2.24, 2.45) is 0 Å². The van der Waals surface area contributed by atoms with Gasteiger partial charge in [-0.25, -0.2) is 4.98 Å². The van der Waals surface area contributed by atoms with Gasteiger partial charge in [0.25, 0.3) is 0 Å². The van der Waals surface area contributed by atoms with Gasteiger partial charge in [-0.15, -0.1) is 0 Å². The van der Waals surface area contributed by atoms with Crippen LogP contribution in [0, 0.1) is 13.8 Å². The van der Waals surface area contributed by atoms with Crippen molar-refractivity contribution < 1.29 is 14.3 Å². The van der Waals surface area contributed by atoms with Gasteiger partial charge < -0.3 is 9.47 Å². The molecular weight excluding hydrogens is 456 g/mol. The van der Waals surface area contributed by atoms with E-state index >= 15 is 0 Å². The zero-order valence-corrected chi connectivity index (χ0v) is 20.1. The first-order valence-electron chi connectivity index (χ1n) is 10.3. The number of rotatable bonds is 7. The first-order valence-corrected chi connectivity index (χ1v) is 11.5. The van der Waals surface area contributed by atoms with Gasteiger partial charge in [0.05, 0.1) is 17.3 Å². The fourth-order valence-corrected chi connectivity index (χ4v) is 4.56. The van der Waals surface area contributed by atoms with E-state index in [4.69, 9.17) is 21.1 Å². The highest BCUT2D eigenvalue weighted by Gasteiger charge is 2.09. The molecule has 0 aliphatic carbocycles. The third-order valence-electron chi connectivity index (χ3n) is 4.98. The lowest BCUT2D eigenvalue weighted by Gasteiger charge is -2.11. The summed E-state index contributed by atoms with van der Waals surface area (Å²) >= 11 is 7.39. The Bertz CT molecular complexity index is 1330. The minimum Gasteiger partial charge on any atom is -0.493 e. The van der Waals surface area contributed by atoms with Crippen LogP contribution < -0.4 is 14.8 Å². The highest BCUT2D eigenvalue weighted by molar-refractivity contribution is 7.22. The summed E-state index contributed by atoms with van der Waals surface area (Å²) in [4.78, 5) is 17.0. The van der Waals surface area contributed by atoms with Crippen LogP contribution in [0.5, 0.6) is 11.5 Å². The average molecular weight is 479 g/mol. The molecule has 1 aromatic heterocycles. The molecule has 4 rings (SSSR count). The summed E-state index contributed by atoms with van der Waals surface area (Å²) in [5, 5.41) is 4.11. The number of carbonyl (C=O) groups excluding carboxylic acids is 1. The van der Waals surface area contributed by atoms with Crippen LogP contribution in [0.15, 0.2) is 60.7 Å². The maximum absolute atomic E-state index is 12.4. The van der Waals surface area contributed by atoms with Crippen molar-refractivity contribution in [1.29, 1.82) is 0 Å². The minimum absolute atomic E-state index is 0.245. The number of amides is 1. The maximum atomic E-state index is 12.4. The largest absolute Gasteiger partial charge is 0.493 e. The van der Waals surface area contributed by atoms with Crippen molar-refractivity contribution in [3.63, 3.8) is 0 Å². The second kappa shape index (κ2) is 10.1. The van der Waals surface area contributed by atoms with Crippen LogP contribution >= 0.6 is 22.9 Å². The highest BCUT2D eigenvalue weighted by Crippen LogP contribution is 2.30. The van der Waals surface area contributed by atoms with E-state index in [1.165, 1.54) is 23.0 Å².